The van der Waals surface area contributed by atoms with Gasteiger partial charge in [0, 0.05) is 18.8 Å². The van der Waals surface area contributed by atoms with Crippen molar-refractivity contribution in [1.29, 1.82) is 0 Å². The number of rotatable bonds is 4. The van der Waals surface area contributed by atoms with Gasteiger partial charge in [-0.1, -0.05) is 42.1 Å². The number of hydrogen-bond donors (Lipinski definition) is 1. The molecule has 1 N–H and O–H groups in total. The number of nitrogens with one attached hydrogen (secondary N) is 1. The second-order valence-electron chi connectivity index (χ2n) is 6.04. The Kier molecular flexibility index (Phi) is 4.38. The van der Waals surface area contributed by atoms with Gasteiger partial charge >= 0.3 is 6.03 Å². The third-order valence-electron chi connectivity index (χ3n) is 4.30. The number of carbonyl (C=O) groups excluding carboxylic acids is 2. The van der Waals surface area contributed by atoms with E-state index < -0.39 is 5.25 Å². The number of nitrogens with zero attached hydrogens (tertiary/aromatic N) is 3. The number of hydrogen-bond acceptors (Lipinski definition) is 4. The molecule has 0 radical (unpaired) electrons. The third-order valence-corrected chi connectivity index (χ3v) is 5.34. The summed E-state index contributed by atoms with van der Waals surface area (Å²) < 4.78 is 2.05. The smallest absolute Gasteiger partial charge is 0.324 e. The van der Waals surface area contributed by atoms with Crippen LogP contribution >= 0.6 is 11.8 Å². The molecule has 2 aromatic carbocycles. The molecule has 4 rings (SSSR count). The SMILES string of the molecule is C[C@H](Sc1nc2ccccc2n1-c1ccccc1)C(=O)N1CCNC1=O. The fourth-order valence-corrected chi connectivity index (χ4v) is 4.02. The van der Waals surface area contributed by atoms with Crippen molar-refractivity contribution in [3.8, 4) is 5.69 Å². The van der Waals surface area contributed by atoms with E-state index in [1.165, 1.54) is 16.7 Å². The van der Waals surface area contributed by atoms with Gasteiger partial charge in [-0.3, -0.25) is 14.3 Å². The molecule has 26 heavy (non-hydrogen) atoms. The number of amides is 3. The van der Waals surface area contributed by atoms with Crippen molar-refractivity contribution >= 4 is 34.7 Å². The molecule has 1 saturated heterocycles. The van der Waals surface area contributed by atoms with Crippen LogP contribution in [0.4, 0.5) is 4.79 Å². The quantitative estimate of drug-likeness (QED) is 0.721. The first kappa shape index (κ1) is 16.7. The molecular weight excluding hydrogens is 348 g/mol. The molecule has 132 valence electrons. The highest BCUT2D eigenvalue weighted by atomic mass is 32.2. The molecule has 1 fully saturated rings. The number of benzene rings is 2. The summed E-state index contributed by atoms with van der Waals surface area (Å²) in [6.45, 7) is 2.73. The Bertz CT molecular complexity index is 970. The van der Waals surface area contributed by atoms with Crippen molar-refractivity contribution in [1.82, 2.24) is 19.8 Å². The van der Waals surface area contributed by atoms with Crippen molar-refractivity contribution in [2.24, 2.45) is 0 Å². The lowest BCUT2D eigenvalue weighted by molar-refractivity contribution is -0.126. The second kappa shape index (κ2) is 6.84. The molecule has 1 atom stereocenters. The van der Waals surface area contributed by atoms with E-state index in [1.807, 2.05) is 66.1 Å². The van der Waals surface area contributed by atoms with E-state index in [2.05, 4.69) is 5.32 Å². The summed E-state index contributed by atoms with van der Waals surface area (Å²) in [5.41, 5.74) is 2.85. The van der Waals surface area contributed by atoms with E-state index in [1.54, 1.807) is 0 Å². The molecule has 7 heteroatoms. The predicted molar refractivity (Wildman–Crippen MR) is 102 cm³/mol. The topological polar surface area (TPSA) is 67.2 Å². The fraction of sp³-hybridized carbons (Fsp3) is 0.211. The zero-order chi connectivity index (χ0) is 18.1. The van der Waals surface area contributed by atoms with E-state index in [-0.39, 0.29) is 11.9 Å². The average molecular weight is 366 g/mol. The van der Waals surface area contributed by atoms with Gasteiger partial charge in [0.15, 0.2) is 5.16 Å². The molecule has 1 aromatic heterocycles. The third kappa shape index (κ3) is 2.94. The van der Waals surface area contributed by atoms with E-state index in [4.69, 9.17) is 4.98 Å². The first-order valence-corrected chi connectivity index (χ1v) is 9.32. The minimum atomic E-state index is -0.418. The lowest BCUT2D eigenvalue weighted by Gasteiger charge is -2.17. The van der Waals surface area contributed by atoms with Gasteiger partial charge in [0.1, 0.15) is 0 Å². The summed E-state index contributed by atoms with van der Waals surface area (Å²) in [6.07, 6.45) is 0. The van der Waals surface area contributed by atoms with Gasteiger partial charge in [0.25, 0.3) is 0 Å². The maximum atomic E-state index is 12.6. The van der Waals surface area contributed by atoms with Crippen LogP contribution in [0.15, 0.2) is 59.8 Å². The van der Waals surface area contributed by atoms with Crippen LogP contribution in [-0.4, -0.2) is 44.7 Å². The molecule has 0 unspecified atom stereocenters. The van der Waals surface area contributed by atoms with Gasteiger partial charge < -0.3 is 5.32 Å². The summed E-state index contributed by atoms with van der Waals surface area (Å²) in [6, 6.07) is 17.5. The minimum Gasteiger partial charge on any atom is -0.336 e. The van der Waals surface area contributed by atoms with E-state index in [0.29, 0.717) is 13.1 Å². The molecule has 0 bridgehead atoms. The van der Waals surface area contributed by atoms with Gasteiger partial charge in [0.2, 0.25) is 5.91 Å². The number of thioether (sulfide) groups is 1. The van der Waals surface area contributed by atoms with Crippen LogP contribution in [-0.2, 0) is 4.79 Å². The standard InChI is InChI=1S/C19H18N4O2S/c1-13(17(24)22-12-11-20-18(22)25)26-19-21-15-9-5-6-10-16(15)23(19)14-7-3-2-4-8-14/h2-10,13H,11-12H2,1H3,(H,20,25)/t13-/m0/s1. The first-order chi connectivity index (χ1) is 12.6. The predicted octanol–water partition coefficient (Wildman–Crippen LogP) is 3.06. The Morgan fingerprint density at radius 3 is 2.62 bits per heavy atom. The summed E-state index contributed by atoms with van der Waals surface area (Å²) in [5, 5.41) is 2.98. The zero-order valence-corrected chi connectivity index (χ0v) is 15.1. The molecule has 1 aliphatic rings. The fourth-order valence-electron chi connectivity index (χ4n) is 3.02. The Morgan fingerprint density at radius 2 is 1.88 bits per heavy atom. The molecule has 2 heterocycles. The summed E-state index contributed by atoms with van der Waals surface area (Å²) in [4.78, 5) is 30.4. The van der Waals surface area contributed by atoms with Crippen LogP contribution in [0.1, 0.15) is 6.92 Å². The Balaban J connectivity index is 1.70. The molecule has 0 spiro atoms. The Labute approximate surface area is 155 Å². The maximum absolute atomic E-state index is 12.6. The number of aromatic nitrogens is 2. The highest BCUT2D eigenvalue weighted by Crippen LogP contribution is 2.31. The lowest BCUT2D eigenvalue weighted by Crippen LogP contribution is -2.39. The average Bonchev–Trinajstić information content (AvgIpc) is 3.24. The van der Waals surface area contributed by atoms with E-state index in [0.717, 1.165) is 21.9 Å². The lowest BCUT2D eigenvalue weighted by atomic mass is 10.3. The van der Waals surface area contributed by atoms with Crippen molar-refractivity contribution in [2.45, 2.75) is 17.3 Å². The number of urea groups is 1. The largest absolute Gasteiger partial charge is 0.336 e. The number of para-hydroxylation sites is 3. The molecule has 6 nitrogen and oxygen atoms in total. The van der Waals surface area contributed by atoms with Crippen LogP contribution in [0.5, 0.6) is 0 Å². The number of carbonyl (C=O) groups is 2. The first-order valence-electron chi connectivity index (χ1n) is 8.44. The molecule has 0 aliphatic carbocycles. The Hall–Kier alpha value is -2.80. The van der Waals surface area contributed by atoms with E-state index >= 15 is 0 Å². The molecule has 3 aromatic rings. The number of imide groups is 1. The van der Waals surface area contributed by atoms with Crippen LogP contribution in [0, 0.1) is 0 Å². The zero-order valence-electron chi connectivity index (χ0n) is 14.3. The summed E-state index contributed by atoms with van der Waals surface area (Å²) in [7, 11) is 0. The monoisotopic (exact) mass is 366 g/mol. The Morgan fingerprint density at radius 1 is 1.15 bits per heavy atom. The highest BCUT2D eigenvalue weighted by Gasteiger charge is 2.31. The van der Waals surface area contributed by atoms with Crippen molar-refractivity contribution in [3.05, 3.63) is 54.6 Å². The van der Waals surface area contributed by atoms with Gasteiger partial charge in [-0.25, -0.2) is 9.78 Å². The van der Waals surface area contributed by atoms with Gasteiger partial charge in [0.05, 0.1) is 16.3 Å². The highest BCUT2D eigenvalue weighted by molar-refractivity contribution is 8.00. The van der Waals surface area contributed by atoms with E-state index in [9.17, 15) is 9.59 Å². The van der Waals surface area contributed by atoms with Crippen molar-refractivity contribution in [3.63, 3.8) is 0 Å². The normalized spacial score (nSPS) is 15.3. The number of imidazole rings is 1. The van der Waals surface area contributed by atoms with Gasteiger partial charge in [-0.2, -0.15) is 0 Å². The van der Waals surface area contributed by atoms with Gasteiger partial charge in [-0.05, 0) is 31.2 Å². The molecule has 3 amide bonds. The second-order valence-corrected chi connectivity index (χ2v) is 7.34. The summed E-state index contributed by atoms with van der Waals surface area (Å²) in [5.74, 6) is -0.198. The molecular formula is C19H18N4O2S. The van der Waals surface area contributed by atoms with Crippen molar-refractivity contribution < 1.29 is 9.59 Å². The summed E-state index contributed by atoms with van der Waals surface area (Å²) >= 11 is 1.37. The minimum absolute atomic E-state index is 0.198. The molecule has 0 saturated carbocycles. The van der Waals surface area contributed by atoms with Crippen LogP contribution < -0.4 is 5.32 Å². The van der Waals surface area contributed by atoms with Crippen LogP contribution in [0.25, 0.3) is 16.7 Å². The van der Waals surface area contributed by atoms with Gasteiger partial charge in [-0.15, -0.1) is 0 Å². The van der Waals surface area contributed by atoms with Crippen LogP contribution in [0.2, 0.25) is 0 Å². The molecule has 1 aliphatic heterocycles. The maximum Gasteiger partial charge on any atom is 0.324 e. The van der Waals surface area contributed by atoms with Crippen molar-refractivity contribution in [2.75, 3.05) is 13.1 Å². The van der Waals surface area contributed by atoms with Crippen LogP contribution in [0.3, 0.4) is 0 Å². The number of fused-ring (bicyclic) bond motifs is 1.